The zero-order chi connectivity index (χ0) is 14.1. The van der Waals surface area contributed by atoms with E-state index in [0.717, 1.165) is 16.9 Å². The normalized spacial score (nSPS) is 18.8. The predicted octanol–water partition coefficient (Wildman–Crippen LogP) is 3.59. The maximum atomic E-state index is 9.53. The van der Waals surface area contributed by atoms with Gasteiger partial charge in [-0.05, 0) is 38.9 Å². The molecule has 0 radical (unpaired) electrons. The average molecular weight is 273 g/mol. The lowest BCUT2D eigenvalue weighted by Gasteiger charge is -2.34. The summed E-state index contributed by atoms with van der Waals surface area (Å²) in [5, 5.41) is 9.53. The van der Waals surface area contributed by atoms with Gasteiger partial charge in [-0.15, -0.1) is 0 Å². The van der Waals surface area contributed by atoms with Crippen LogP contribution in [0.3, 0.4) is 0 Å². The Hall–Kier alpha value is -1.55. The van der Waals surface area contributed by atoms with Crippen molar-refractivity contribution in [3.63, 3.8) is 0 Å². The van der Waals surface area contributed by atoms with Crippen LogP contribution in [0, 0.1) is 0 Å². The van der Waals surface area contributed by atoms with Gasteiger partial charge in [0.05, 0.1) is 17.1 Å². The van der Waals surface area contributed by atoms with E-state index in [4.69, 9.17) is 0 Å². The second-order valence-electron chi connectivity index (χ2n) is 5.96. The molecule has 0 saturated heterocycles. The molecule has 1 fully saturated rings. The van der Waals surface area contributed by atoms with Crippen molar-refractivity contribution in [3.8, 4) is 5.75 Å². The topological polar surface area (TPSA) is 52.2 Å². The monoisotopic (exact) mass is 273 g/mol. The summed E-state index contributed by atoms with van der Waals surface area (Å²) in [6.07, 6.45) is 6.65. The Balaban J connectivity index is 1.81. The van der Waals surface area contributed by atoms with E-state index in [2.05, 4.69) is 28.8 Å². The summed E-state index contributed by atoms with van der Waals surface area (Å²) in [5.74, 6) is 1.26. The van der Waals surface area contributed by atoms with Gasteiger partial charge in [-0.3, -0.25) is 4.90 Å². The van der Waals surface area contributed by atoms with Crippen molar-refractivity contribution in [2.24, 2.45) is 0 Å². The second-order valence-corrected chi connectivity index (χ2v) is 5.96. The highest BCUT2D eigenvalue weighted by Crippen LogP contribution is 2.29. The molecule has 0 amide bonds. The van der Waals surface area contributed by atoms with Crippen molar-refractivity contribution in [3.05, 3.63) is 24.0 Å². The highest BCUT2D eigenvalue weighted by atomic mass is 16.3. The molecule has 1 saturated carbocycles. The smallest absolute Gasteiger partial charge is 0.124 e. The van der Waals surface area contributed by atoms with E-state index in [9.17, 15) is 5.11 Å². The number of fused-ring (bicyclic) bond motifs is 1. The Morgan fingerprint density at radius 2 is 2.05 bits per heavy atom. The van der Waals surface area contributed by atoms with Crippen molar-refractivity contribution in [1.82, 2.24) is 14.9 Å². The molecular weight excluding hydrogens is 250 g/mol. The summed E-state index contributed by atoms with van der Waals surface area (Å²) in [6, 6.07) is 6.22. The number of nitrogens with zero attached hydrogens (tertiary/aromatic N) is 2. The molecule has 20 heavy (non-hydrogen) atoms. The van der Waals surface area contributed by atoms with E-state index in [0.29, 0.717) is 6.04 Å². The molecule has 4 heteroatoms. The molecule has 1 aliphatic rings. The summed E-state index contributed by atoms with van der Waals surface area (Å²) in [7, 11) is 2.20. The number of aromatic hydroxyl groups is 1. The van der Waals surface area contributed by atoms with E-state index in [-0.39, 0.29) is 11.8 Å². The fraction of sp³-hybridized carbons (Fsp3) is 0.562. The van der Waals surface area contributed by atoms with Crippen LogP contribution in [0.25, 0.3) is 11.0 Å². The van der Waals surface area contributed by atoms with Crippen LogP contribution in [0.15, 0.2) is 18.2 Å². The number of phenolic OH excluding ortho intramolecular Hbond substituents is 1. The maximum absolute atomic E-state index is 9.53. The van der Waals surface area contributed by atoms with E-state index in [1.54, 1.807) is 12.1 Å². The van der Waals surface area contributed by atoms with Crippen LogP contribution < -0.4 is 0 Å². The van der Waals surface area contributed by atoms with Gasteiger partial charge in [0.15, 0.2) is 0 Å². The first-order valence-corrected chi connectivity index (χ1v) is 7.55. The number of aromatic amines is 1. The molecule has 1 unspecified atom stereocenters. The number of hydrogen-bond donors (Lipinski definition) is 2. The summed E-state index contributed by atoms with van der Waals surface area (Å²) in [6.45, 7) is 2.20. The summed E-state index contributed by atoms with van der Waals surface area (Å²) < 4.78 is 0. The molecule has 1 aromatic heterocycles. The van der Waals surface area contributed by atoms with Gasteiger partial charge in [-0.25, -0.2) is 4.98 Å². The third-order valence-electron chi connectivity index (χ3n) is 4.64. The number of imidazole rings is 1. The van der Waals surface area contributed by atoms with Gasteiger partial charge in [0.25, 0.3) is 0 Å². The Morgan fingerprint density at radius 3 is 2.80 bits per heavy atom. The minimum Gasteiger partial charge on any atom is -0.508 e. The van der Waals surface area contributed by atoms with E-state index in [1.165, 1.54) is 32.1 Å². The first-order valence-electron chi connectivity index (χ1n) is 7.55. The number of rotatable bonds is 3. The predicted molar refractivity (Wildman–Crippen MR) is 80.8 cm³/mol. The van der Waals surface area contributed by atoms with E-state index < -0.39 is 0 Å². The van der Waals surface area contributed by atoms with Crippen LogP contribution in [-0.2, 0) is 0 Å². The van der Waals surface area contributed by atoms with Gasteiger partial charge in [-0.2, -0.15) is 0 Å². The molecule has 0 spiro atoms. The second kappa shape index (κ2) is 5.44. The molecule has 2 N–H and O–H groups in total. The molecule has 2 aromatic rings. The number of aromatic nitrogens is 2. The van der Waals surface area contributed by atoms with Crippen molar-refractivity contribution in [2.45, 2.75) is 51.1 Å². The minimum absolute atomic E-state index is 0.271. The SMILES string of the molecule is CC(c1nc2ccc(O)cc2[nH]1)N(C)C1CCCCC1. The fourth-order valence-corrected chi connectivity index (χ4v) is 3.21. The first kappa shape index (κ1) is 13.4. The van der Waals surface area contributed by atoms with E-state index >= 15 is 0 Å². The van der Waals surface area contributed by atoms with Gasteiger partial charge < -0.3 is 10.1 Å². The van der Waals surface area contributed by atoms with Crippen LogP contribution in [0.5, 0.6) is 5.75 Å². The van der Waals surface area contributed by atoms with Crippen molar-refractivity contribution in [1.29, 1.82) is 0 Å². The molecular formula is C16H23N3O. The molecule has 4 nitrogen and oxygen atoms in total. The number of phenols is 1. The third kappa shape index (κ3) is 2.52. The van der Waals surface area contributed by atoms with Crippen LogP contribution >= 0.6 is 0 Å². The zero-order valence-corrected chi connectivity index (χ0v) is 12.3. The highest BCUT2D eigenvalue weighted by molar-refractivity contribution is 5.76. The fourth-order valence-electron chi connectivity index (χ4n) is 3.21. The molecule has 1 atom stereocenters. The third-order valence-corrected chi connectivity index (χ3v) is 4.64. The highest BCUT2D eigenvalue weighted by Gasteiger charge is 2.24. The first-order chi connectivity index (χ1) is 9.65. The van der Waals surface area contributed by atoms with Crippen LogP contribution in [0.2, 0.25) is 0 Å². The van der Waals surface area contributed by atoms with Gasteiger partial charge in [0.2, 0.25) is 0 Å². The van der Waals surface area contributed by atoms with Crippen LogP contribution in [-0.4, -0.2) is 33.1 Å². The largest absolute Gasteiger partial charge is 0.508 e. The summed E-state index contributed by atoms with van der Waals surface area (Å²) in [5.41, 5.74) is 1.82. The Labute approximate surface area is 119 Å². The number of nitrogens with one attached hydrogen (secondary N) is 1. The molecule has 1 aromatic carbocycles. The Morgan fingerprint density at radius 1 is 1.30 bits per heavy atom. The van der Waals surface area contributed by atoms with E-state index in [1.807, 2.05) is 6.07 Å². The van der Waals surface area contributed by atoms with Gasteiger partial charge in [-0.1, -0.05) is 19.3 Å². The number of H-pyrrole nitrogens is 1. The van der Waals surface area contributed by atoms with Crippen molar-refractivity contribution >= 4 is 11.0 Å². The van der Waals surface area contributed by atoms with Crippen LogP contribution in [0.4, 0.5) is 0 Å². The lowest BCUT2D eigenvalue weighted by Crippen LogP contribution is -2.35. The molecule has 1 aliphatic carbocycles. The average Bonchev–Trinajstić information content (AvgIpc) is 2.89. The minimum atomic E-state index is 0.271. The van der Waals surface area contributed by atoms with Crippen LogP contribution in [0.1, 0.15) is 50.9 Å². The lowest BCUT2D eigenvalue weighted by atomic mass is 9.93. The maximum Gasteiger partial charge on any atom is 0.124 e. The van der Waals surface area contributed by atoms with Crippen molar-refractivity contribution in [2.75, 3.05) is 7.05 Å². The number of benzene rings is 1. The molecule has 1 heterocycles. The molecule has 3 rings (SSSR count). The summed E-state index contributed by atoms with van der Waals surface area (Å²) >= 11 is 0. The molecule has 108 valence electrons. The lowest BCUT2D eigenvalue weighted by molar-refractivity contribution is 0.142. The van der Waals surface area contributed by atoms with Crippen molar-refractivity contribution < 1.29 is 5.11 Å². The Kier molecular flexibility index (Phi) is 3.66. The Bertz CT molecular complexity index is 586. The zero-order valence-electron chi connectivity index (χ0n) is 12.3. The quantitative estimate of drug-likeness (QED) is 0.898. The van der Waals surface area contributed by atoms with Gasteiger partial charge >= 0.3 is 0 Å². The van der Waals surface area contributed by atoms with Gasteiger partial charge in [0.1, 0.15) is 11.6 Å². The van der Waals surface area contributed by atoms with Gasteiger partial charge in [0, 0.05) is 12.1 Å². The number of hydrogen-bond acceptors (Lipinski definition) is 3. The molecule has 0 bridgehead atoms. The molecule has 0 aliphatic heterocycles. The summed E-state index contributed by atoms with van der Waals surface area (Å²) in [4.78, 5) is 10.4. The standard InChI is InChI=1S/C16H23N3O/c1-11(19(2)12-6-4-3-5-7-12)16-17-14-9-8-13(20)10-15(14)18-16/h8-12,20H,3-7H2,1-2H3,(H,17,18).